The van der Waals surface area contributed by atoms with Crippen molar-refractivity contribution < 1.29 is 0 Å². The fourth-order valence-corrected chi connectivity index (χ4v) is 1.81. The standard InChI is InChI=1S/C6H11Cl2N/c1-5(2-3-9)4-6(5,7)8/h2-4,9H2,1H3/t5-/m1/s1. The van der Waals surface area contributed by atoms with Crippen LogP contribution in [0.1, 0.15) is 19.8 Å². The van der Waals surface area contributed by atoms with Gasteiger partial charge in [0.15, 0.2) is 0 Å². The van der Waals surface area contributed by atoms with E-state index < -0.39 is 4.33 Å². The Hall–Kier alpha value is 0.540. The summed E-state index contributed by atoms with van der Waals surface area (Å²) in [4.78, 5) is 0. The minimum atomic E-state index is -0.480. The van der Waals surface area contributed by atoms with Gasteiger partial charge in [0.1, 0.15) is 4.33 Å². The number of rotatable bonds is 2. The molecule has 1 aliphatic carbocycles. The van der Waals surface area contributed by atoms with Crippen molar-refractivity contribution in [3.05, 3.63) is 0 Å². The Morgan fingerprint density at radius 3 is 2.11 bits per heavy atom. The number of alkyl halides is 2. The summed E-state index contributed by atoms with van der Waals surface area (Å²) < 4.78 is -0.480. The lowest BCUT2D eigenvalue weighted by Crippen LogP contribution is -2.11. The molecular formula is C6H11Cl2N. The minimum Gasteiger partial charge on any atom is -0.330 e. The number of hydrogen-bond acceptors (Lipinski definition) is 1. The second kappa shape index (κ2) is 2.01. The highest BCUT2D eigenvalue weighted by atomic mass is 35.5. The van der Waals surface area contributed by atoms with E-state index in [0.717, 1.165) is 12.8 Å². The van der Waals surface area contributed by atoms with Crippen LogP contribution in [0.25, 0.3) is 0 Å². The number of nitrogens with two attached hydrogens (primary N) is 1. The highest BCUT2D eigenvalue weighted by molar-refractivity contribution is 6.51. The van der Waals surface area contributed by atoms with Crippen molar-refractivity contribution >= 4 is 23.2 Å². The van der Waals surface area contributed by atoms with Gasteiger partial charge in [-0.05, 0) is 19.4 Å². The SMILES string of the molecule is C[C@@]1(CCN)CC1(Cl)Cl. The second-order valence-electron chi connectivity index (χ2n) is 2.98. The molecule has 0 bridgehead atoms. The normalized spacial score (nSPS) is 38.7. The largest absolute Gasteiger partial charge is 0.330 e. The Morgan fingerprint density at radius 2 is 2.00 bits per heavy atom. The summed E-state index contributed by atoms with van der Waals surface area (Å²) >= 11 is 11.7. The molecule has 54 valence electrons. The van der Waals surface area contributed by atoms with Crippen LogP contribution in [0.2, 0.25) is 0 Å². The van der Waals surface area contributed by atoms with Crippen molar-refractivity contribution in [1.29, 1.82) is 0 Å². The molecule has 1 rings (SSSR count). The van der Waals surface area contributed by atoms with Crippen LogP contribution in [-0.4, -0.2) is 10.9 Å². The molecule has 1 fully saturated rings. The molecule has 0 amide bonds. The van der Waals surface area contributed by atoms with Gasteiger partial charge < -0.3 is 5.73 Å². The van der Waals surface area contributed by atoms with Gasteiger partial charge in [0.2, 0.25) is 0 Å². The molecule has 0 radical (unpaired) electrons. The molecule has 0 heterocycles. The van der Waals surface area contributed by atoms with E-state index in [1.807, 2.05) is 0 Å². The molecule has 1 atom stereocenters. The molecule has 0 saturated heterocycles. The molecule has 0 aromatic carbocycles. The second-order valence-corrected chi connectivity index (χ2v) is 4.46. The van der Waals surface area contributed by atoms with Gasteiger partial charge >= 0.3 is 0 Å². The van der Waals surface area contributed by atoms with Crippen LogP contribution in [0.15, 0.2) is 0 Å². The van der Waals surface area contributed by atoms with Crippen molar-refractivity contribution in [2.45, 2.75) is 24.1 Å². The zero-order valence-corrected chi connectivity index (χ0v) is 6.97. The maximum atomic E-state index is 5.84. The van der Waals surface area contributed by atoms with Crippen molar-refractivity contribution in [3.63, 3.8) is 0 Å². The summed E-state index contributed by atoms with van der Waals surface area (Å²) in [5.74, 6) is 0. The van der Waals surface area contributed by atoms with Gasteiger partial charge in [-0.1, -0.05) is 6.92 Å². The lowest BCUT2D eigenvalue weighted by molar-refractivity contribution is 0.519. The maximum absolute atomic E-state index is 5.84. The van der Waals surface area contributed by atoms with E-state index in [9.17, 15) is 0 Å². The molecule has 3 heteroatoms. The monoisotopic (exact) mass is 167 g/mol. The van der Waals surface area contributed by atoms with E-state index in [1.165, 1.54) is 0 Å². The predicted molar refractivity (Wildman–Crippen MR) is 40.8 cm³/mol. The Bertz CT molecular complexity index is 124. The Morgan fingerprint density at radius 1 is 1.56 bits per heavy atom. The first kappa shape index (κ1) is 7.64. The third kappa shape index (κ3) is 1.19. The fraction of sp³-hybridized carbons (Fsp3) is 1.00. The third-order valence-corrected chi connectivity index (χ3v) is 3.25. The molecule has 1 nitrogen and oxygen atoms in total. The summed E-state index contributed by atoms with van der Waals surface area (Å²) in [6.07, 6.45) is 1.82. The molecule has 0 aromatic heterocycles. The molecular weight excluding hydrogens is 157 g/mol. The third-order valence-electron chi connectivity index (χ3n) is 2.07. The van der Waals surface area contributed by atoms with Crippen LogP contribution < -0.4 is 5.73 Å². The van der Waals surface area contributed by atoms with Gasteiger partial charge in [-0.3, -0.25) is 0 Å². The summed E-state index contributed by atoms with van der Waals surface area (Å²) in [5, 5.41) is 0. The first-order chi connectivity index (χ1) is 4.02. The zero-order valence-electron chi connectivity index (χ0n) is 5.45. The number of halogens is 2. The predicted octanol–water partition coefficient (Wildman–Crippen LogP) is 1.92. The van der Waals surface area contributed by atoms with Crippen molar-refractivity contribution in [2.24, 2.45) is 11.1 Å². The van der Waals surface area contributed by atoms with Gasteiger partial charge in [0, 0.05) is 5.41 Å². The topological polar surface area (TPSA) is 26.0 Å². The molecule has 1 saturated carbocycles. The van der Waals surface area contributed by atoms with Gasteiger partial charge in [0.25, 0.3) is 0 Å². The van der Waals surface area contributed by atoms with Crippen LogP contribution in [0.3, 0.4) is 0 Å². The number of hydrogen-bond donors (Lipinski definition) is 1. The Labute approximate surface area is 65.5 Å². The molecule has 2 N–H and O–H groups in total. The molecule has 0 unspecified atom stereocenters. The van der Waals surface area contributed by atoms with Gasteiger partial charge in [0.05, 0.1) is 0 Å². The van der Waals surface area contributed by atoms with E-state index in [-0.39, 0.29) is 5.41 Å². The van der Waals surface area contributed by atoms with Crippen LogP contribution in [-0.2, 0) is 0 Å². The Kier molecular flexibility index (Phi) is 1.71. The van der Waals surface area contributed by atoms with Crippen molar-refractivity contribution in [3.8, 4) is 0 Å². The average molecular weight is 168 g/mol. The van der Waals surface area contributed by atoms with Crippen LogP contribution in [0, 0.1) is 5.41 Å². The molecule has 0 aliphatic heterocycles. The van der Waals surface area contributed by atoms with Crippen molar-refractivity contribution in [1.82, 2.24) is 0 Å². The highest BCUT2D eigenvalue weighted by Gasteiger charge is 2.61. The van der Waals surface area contributed by atoms with E-state index in [1.54, 1.807) is 0 Å². The maximum Gasteiger partial charge on any atom is 0.124 e. The van der Waals surface area contributed by atoms with Crippen LogP contribution in [0.5, 0.6) is 0 Å². The van der Waals surface area contributed by atoms with Gasteiger partial charge in [-0.15, -0.1) is 23.2 Å². The van der Waals surface area contributed by atoms with E-state index in [2.05, 4.69) is 6.92 Å². The first-order valence-corrected chi connectivity index (χ1v) is 3.85. The Balaban J connectivity index is 2.42. The minimum absolute atomic E-state index is 0.102. The fourth-order valence-electron chi connectivity index (χ4n) is 1.04. The van der Waals surface area contributed by atoms with Crippen LogP contribution in [0.4, 0.5) is 0 Å². The molecule has 0 aromatic rings. The lowest BCUT2D eigenvalue weighted by atomic mass is 10.1. The first-order valence-electron chi connectivity index (χ1n) is 3.10. The molecule has 9 heavy (non-hydrogen) atoms. The van der Waals surface area contributed by atoms with E-state index >= 15 is 0 Å². The zero-order chi connectivity index (χ0) is 7.12. The summed E-state index contributed by atoms with van der Waals surface area (Å²) in [5.41, 5.74) is 5.46. The highest BCUT2D eigenvalue weighted by Crippen LogP contribution is 2.65. The summed E-state index contributed by atoms with van der Waals surface area (Å²) in [6, 6.07) is 0. The van der Waals surface area contributed by atoms with E-state index in [0.29, 0.717) is 6.54 Å². The summed E-state index contributed by atoms with van der Waals surface area (Å²) in [7, 11) is 0. The molecule has 1 aliphatic rings. The average Bonchev–Trinajstić information content (AvgIpc) is 2.07. The quantitative estimate of drug-likeness (QED) is 0.626. The lowest BCUT2D eigenvalue weighted by Gasteiger charge is -2.08. The summed E-state index contributed by atoms with van der Waals surface area (Å²) in [6.45, 7) is 2.75. The smallest absolute Gasteiger partial charge is 0.124 e. The van der Waals surface area contributed by atoms with Gasteiger partial charge in [-0.2, -0.15) is 0 Å². The van der Waals surface area contributed by atoms with E-state index in [4.69, 9.17) is 28.9 Å². The molecule has 0 spiro atoms. The van der Waals surface area contributed by atoms with Gasteiger partial charge in [-0.25, -0.2) is 0 Å². The van der Waals surface area contributed by atoms with Crippen molar-refractivity contribution in [2.75, 3.05) is 6.54 Å². The van der Waals surface area contributed by atoms with Crippen LogP contribution >= 0.6 is 23.2 Å².